The maximum atomic E-state index is 12.7. The Morgan fingerprint density at radius 3 is 1.44 bits per heavy atom. The van der Waals surface area contributed by atoms with Gasteiger partial charge in [-0.2, -0.15) is 0 Å². The van der Waals surface area contributed by atoms with Crippen molar-refractivity contribution in [1.29, 1.82) is 0 Å². The Labute approximate surface area is 349 Å². The molecule has 0 fully saturated rings. The lowest BCUT2D eigenvalue weighted by Crippen LogP contribution is -2.37. The van der Waals surface area contributed by atoms with Crippen molar-refractivity contribution in [2.75, 3.05) is 54.1 Å². The third-order valence-corrected chi connectivity index (χ3v) is 9.59. The van der Waals surface area contributed by atoms with Gasteiger partial charge in [-0.3, -0.25) is 9.36 Å². The Kier molecular flexibility index (Phi) is 38.4. The number of phosphoric acid groups is 1. The molecule has 0 aliphatic rings. The normalized spacial score (nSPS) is 14.7. The van der Waals surface area contributed by atoms with E-state index < -0.39 is 13.9 Å². The number of allylic oxidation sites excluding steroid dienone is 16. The number of likely N-dealkylation sites (N-methyl/N-ethyl adjacent to an activating group) is 1. The lowest BCUT2D eigenvalue weighted by molar-refractivity contribution is -0.870. The summed E-state index contributed by atoms with van der Waals surface area (Å²) in [5, 5.41) is 0. The molecule has 0 spiro atoms. The Morgan fingerprint density at radius 1 is 0.544 bits per heavy atom. The first-order valence-electron chi connectivity index (χ1n) is 22.0. The standard InChI is InChI=1S/C48H82NO7P/c1-6-8-10-12-14-16-18-20-22-24-25-26-27-29-31-33-35-37-39-41-48(50)56-47(46-55-57(51,52)54-44-42-49(3,4)5)45-53-43-40-38-36-34-32-30-28-23-21-19-17-15-13-11-9-7-2/h8-11,14-17,20-23,25-26,30,32,47H,6-7,12-13,18-19,24,27-29,31,33-46H2,1-5H3/b10-8-,11-9-,16-14-,17-15-,22-20-,23-21-,26-25-,32-30-. The first kappa shape index (κ1) is 54.4. The molecule has 8 nitrogen and oxygen atoms in total. The number of nitrogens with zero attached hydrogens (tertiary/aromatic N) is 1. The largest absolute Gasteiger partial charge is 0.756 e. The molecule has 0 N–H and O–H groups in total. The van der Waals surface area contributed by atoms with Crippen LogP contribution in [0.25, 0.3) is 0 Å². The summed E-state index contributed by atoms with van der Waals surface area (Å²) in [6, 6.07) is 0. The third-order valence-electron chi connectivity index (χ3n) is 8.63. The molecule has 0 aliphatic heterocycles. The van der Waals surface area contributed by atoms with Gasteiger partial charge in [0, 0.05) is 13.0 Å². The molecule has 0 amide bonds. The van der Waals surface area contributed by atoms with Gasteiger partial charge >= 0.3 is 5.97 Å². The van der Waals surface area contributed by atoms with Crippen LogP contribution in [-0.2, 0) is 27.9 Å². The zero-order valence-corrected chi connectivity index (χ0v) is 37.6. The van der Waals surface area contributed by atoms with Crippen LogP contribution in [0, 0.1) is 0 Å². The number of hydrogen-bond donors (Lipinski definition) is 0. The van der Waals surface area contributed by atoms with Gasteiger partial charge in [0.15, 0.2) is 0 Å². The molecular weight excluding hydrogens is 734 g/mol. The van der Waals surface area contributed by atoms with Crippen molar-refractivity contribution >= 4 is 13.8 Å². The molecule has 0 rings (SSSR count). The molecule has 2 unspecified atom stereocenters. The van der Waals surface area contributed by atoms with E-state index in [-0.39, 0.29) is 32.2 Å². The van der Waals surface area contributed by atoms with Crippen molar-refractivity contribution in [3.63, 3.8) is 0 Å². The fourth-order valence-corrected chi connectivity index (χ4v) is 6.02. The number of quaternary nitrogens is 1. The first-order valence-corrected chi connectivity index (χ1v) is 23.4. The molecule has 0 aromatic rings. The summed E-state index contributed by atoms with van der Waals surface area (Å²) >= 11 is 0. The summed E-state index contributed by atoms with van der Waals surface area (Å²) in [4.78, 5) is 25.1. The number of hydrogen-bond acceptors (Lipinski definition) is 7. The summed E-state index contributed by atoms with van der Waals surface area (Å²) in [6.07, 6.45) is 54.2. The van der Waals surface area contributed by atoms with Gasteiger partial charge in [0.05, 0.1) is 34.4 Å². The summed E-state index contributed by atoms with van der Waals surface area (Å²) in [7, 11) is 1.30. The van der Waals surface area contributed by atoms with E-state index in [0.717, 1.165) is 109 Å². The summed E-state index contributed by atoms with van der Waals surface area (Å²) in [5.41, 5.74) is 0. The molecule has 0 heterocycles. The summed E-state index contributed by atoms with van der Waals surface area (Å²) in [6.45, 7) is 5.05. The minimum absolute atomic E-state index is 0.0105. The molecule has 57 heavy (non-hydrogen) atoms. The van der Waals surface area contributed by atoms with E-state index in [1.807, 2.05) is 21.1 Å². The molecule has 0 radical (unpaired) electrons. The predicted molar refractivity (Wildman–Crippen MR) is 240 cm³/mol. The number of ether oxygens (including phenoxy) is 2. The smallest absolute Gasteiger partial charge is 0.306 e. The van der Waals surface area contributed by atoms with Gasteiger partial charge in [-0.1, -0.05) is 143 Å². The first-order chi connectivity index (χ1) is 27.6. The number of rotatable bonds is 39. The quantitative estimate of drug-likeness (QED) is 0.0200. The van der Waals surface area contributed by atoms with E-state index in [1.165, 1.54) is 12.8 Å². The summed E-state index contributed by atoms with van der Waals surface area (Å²) < 4.78 is 34.5. The molecule has 0 aromatic heterocycles. The SMILES string of the molecule is CC/C=C\C/C=C\C/C=C\C/C=C\CCCCCCCCC(=O)OC(COCCCCC/C=C\C/C=C\C/C=C\C/C=C\CC)COP(=O)([O-])OCC[N+](C)(C)C. The molecule has 0 saturated carbocycles. The Hall–Kier alpha value is -2.58. The van der Waals surface area contributed by atoms with E-state index in [1.54, 1.807) is 0 Å². The summed E-state index contributed by atoms with van der Waals surface area (Å²) in [5.74, 6) is -0.365. The van der Waals surface area contributed by atoms with E-state index in [0.29, 0.717) is 17.6 Å². The number of unbranched alkanes of at least 4 members (excludes halogenated alkanes) is 9. The van der Waals surface area contributed by atoms with Gasteiger partial charge in [-0.15, -0.1) is 0 Å². The number of phosphoric ester groups is 1. The molecule has 0 aromatic carbocycles. The minimum atomic E-state index is -4.55. The molecule has 0 aliphatic carbocycles. The fourth-order valence-electron chi connectivity index (χ4n) is 5.29. The lowest BCUT2D eigenvalue weighted by atomic mass is 10.1. The van der Waals surface area contributed by atoms with E-state index in [4.69, 9.17) is 18.5 Å². The average molecular weight is 816 g/mol. The second-order valence-corrected chi connectivity index (χ2v) is 16.7. The van der Waals surface area contributed by atoms with Crippen molar-refractivity contribution in [2.24, 2.45) is 0 Å². The van der Waals surface area contributed by atoms with Gasteiger partial charge in [-0.05, 0) is 89.9 Å². The van der Waals surface area contributed by atoms with Crippen molar-refractivity contribution in [2.45, 2.75) is 148 Å². The zero-order valence-electron chi connectivity index (χ0n) is 36.7. The third kappa shape index (κ3) is 44.4. The highest BCUT2D eigenvalue weighted by atomic mass is 31.2. The number of carbonyl (C=O) groups excluding carboxylic acids is 1. The van der Waals surface area contributed by atoms with Crippen LogP contribution in [-0.4, -0.2) is 70.7 Å². The van der Waals surface area contributed by atoms with Crippen LogP contribution in [0.2, 0.25) is 0 Å². The second kappa shape index (κ2) is 40.2. The van der Waals surface area contributed by atoms with Crippen LogP contribution >= 0.6 is 7.82 Å². The van der Waals surface area contributed by atoms with Crippen LogP contribution in [0.15, 0.2) is 97.2 Å². The molecule has 9 heteroatoms. The van der Waals surface area contributed by atoms with Crippen LogP contribution < -0.4 is 4.89 Å². The highest BCUT2D eigenvalue weighted by molar-refractivity contribution is 7.45. The molecule has 0 saturated heterocycles. The molecular formula is C48H82NO7P. The van der Waals surface area contributed by atoms with Gasteiger partial charge in [-0.25, -0.2) is 0 Å². The maximum Gasteiger partial charge on any atom is 0.306 e. The van der Waals surface area contributed by atoms with Crippen LogP contribution in [0.5, 0.6) is 0 Å². The predicted octanol–water partition coefficient (Wildman–Crippen LogP) is 12.4. The topological polar surface area (TPSA) is 94.1 Å². The van der Waals surface area contributed by atoms with Crippen molar-refractivity contribution in [3.05, 3.63) is 97.2 Å². The second-order valence-electron chi connectivity index (χ2n) is 15.3. The van der Waals surface area contributed by atoms with Crippen LogP contribution in [0.1, 0.15) is 142 Å². The van der Waals surface area contributed by atoms with E-state index in [2.05, 4.69) is 111 Å². The van der Waals surface area contributed by atoms with Gasteiger partial charge in [0.2, 0.25) is 0 Å². The highest BCUT2D eigenvalue weighted by Gasteiger charge is 2.20. The van der Waals surface area contributed by atoms with Gasteiger partial charge < -0.3 is 27.9 Å². The molecule has 326 valence electrons. The highest BCUT2D eigenvalue weighted by Crippen LogP contribution is 2.38. The fraction of sp³-hybridized carbons (Fsp3) is 0.646. The molecule has 2 atom stereocenters. The minimum Gasteiger partial charge on any atom is -0.756 e. The molecule has 0 bridgehead atoms. The monoisotopic (exact) mass is 816 g/mol. The average Bonchev–Trinajstić information content (AvgIpc) is 3.16. The van der Waals surface area contributed by atoms with Crippen molar-refractivity contribution in [3.8, 4) is 0 Å². The number of carbonyl (C=O) groups is 1. The Morgan fingerprint density at radius 2 is 0.965 bits per heavy atom. The van der Waals surface area contributed by atoms with Gasteiger partial charge in [0.25, 0.3) is 7.82 Å². The maximum absolute atomic E-state index is 12.7. The zero-order chi connectivity index (χ0) is 42.0. The van der Waals surface area contributed by atoms with Crippen molar-refractivity contribution < 1.29 is 37.3 Å². The number of esters is 1. The van der Waals surface area contributed by atoms with Gasteiger partial charge in [0.1, 0.15) is 19.3 Å². The van der Waals surface area contributed by atoms with Crippen LogP contribution in [0.3, 0.4) is 0 Å². The lowest BCUT2D eigenvalue weighted by Gasteiger charge is -2.28. The Bertz CT molecular complexity index is 1230. The Balaban J connectivity index is 4.35. The van der Waals surface area contributed by atoms with Crippen LogP contribution in [0.4, 0.5) is 0 Å². The van der Waals surface area contributed by atoms with E-state index in [9.17, 15) is 14.3 Å². The van der Waals surface area contributed by atoms with E-state index >= 15 is 0 Å². The van der Waals surface area contributed by atoms with Crippen molar-refractivity contribution in [1.82, 2.24) is 0 Å².